The van der Waals surface area contributed by atoms with Crippen molar-refractivity contribution in [3.8, 4) is 0 Å². The molecular weight excluding hydrogens is 386 g/mol. The molecule has 0 atom stereocenters. The maximum absolute atomic E-state index is 13.1. The number of carbonyl (C=O) groups is 1. The summed E-state index contributed by atoms with van der Waals surface area (Å²) >= 11 is 1.47. The summed E-state index contributed by atoms with van der Waals surface area (Å²) in [6, 6.07) is 12.2. The third-order valence-electron chi connectivity index (χ3n) is 6.08. The molecule has 1 amide bonds. The molecule has 0 radical (unpaired) electrons. The third-order valence-corrected chi connectivity index (χ3v) is 7.06. The number of para-hydroxylation sites is 1. The molecule has 0 saturated carbocycles. The highest BCUT2D eigenvalue weighted by Gasteiger charge is 2.50. The second kappa shape index (κ2) is 7.03. The topological polar surface area (TPSA) is 67.4 Å². The normalized spacial score (nSPS) is 18.6. The van der Waals surface area contributed by atoms with E-state index in [4.69, 9.17) is 4.42 Å². The van der Waals surface area contributed by atoms with Gasteiger partial charge in [-0.1, -0.05) is 18.2 Å². The van der Waals surface area contributed by atoms with Gasteiger partial charge in [-0.15, -0.1) is 10.2 Å². The van der Waals surface area contributed by atoms with Crippen LogP contribution in [0.4, 0.5) is 5.69 Å². The number of piperidine rings is 1. The molecule has 8 heteroatoms. The first-order valence-electron chi connectivity index (χ1n) is 9.77. The number of amides is 1. The molecule has 7 nitrogen and oxygen atoms in total. The predicted octanol–water partition coefficient (Wildman–Crippen LogP) is 3.07. The first-order valence-corrected chi connectivity index (χ1v) is 10.6. The van der Waals surface area contributed by atoms with Gasteiger partial charge in [-0.25, -0.2) is 0 Å². The smallest absolute Gasteiger partial charge is 0.237 e. The third kappa shape index (κ3) is 3.07. The van der Waals surface area contributed by atoms with Crippen molar-refractivity contribution in [2.24, 2.45) is 7.05 Å². The Kier molecular flexibility index (Phi) is 4.48. The van der Waals surface area contributed by atoms with E-state index in [9.17, 15) is 4.79 Å². The van der Waals surface area contributed by atoms with Crippen LogP contribution in [0.5, 0.6) is 0 Å². The number of likely N-dealkylation sites (N-methyl/N-ethyl adjacent to an activating group) is 1. The van der Waals surface area contributed by atoms with Crippen LogP contribution in [0.3, 0.4) is 0 Å². The molecule has 150 valence electrons. The maximum Gasteiger partial charge on any atom is 0.237 e. The quantitative estimate of drug-likeness (QED) is 0.660. The van der Waals surface area contributed by atoms with E-state index in [-0.39, 0.29) is 11.3 Å². The van der Waals surface area contributed by atoms with E-state index in [1.807, 2.05) is 53.9 Å². The minimum absolute atomic E-state index is 0.235. The van der Waals surface area contributed by atoms with Crippen molar-refractivity contribution >= 4 is 23.4 Å². The number of hydrogen-bond acceptors (Lipinski definition) is 6. The van der Waals surface area contributed by atoms with Gasteiger partial charge < -0.3 is 13.9 Å². The lowest BCUT2D eigenvalue weighted by Gasteiger charge is -2.38. The average Bonchev–Trinajstić information content (AvgIpc) is 3.41. The molecule has 1 fully saturated rings. The standard InChI is InChI=1S/C21H23N5O2S/c1-24-14-22-23-20(24)29-18-8-7-15(28-18)13-26-11-9-21(10-12-26)16-5-3-4-6-17(16)25(2)19(21)27/h3-8,14H,9-13H2,1-2H3. The van der Waals surface area contributed by atoms with E-state index in [2.05, 4.69) is 21.2 Å². The van der Waals surface area contributed by atoms with Gasteiger partial charge in [0.1, 0.15) is 12.1 Å². The zero-order valence-corrected chi connectivity index (χ0v) is 17.4. The summed E-state index contributed by atoms with van der Waals surface area (Å²) < 4.78 is 7.86. The van der Waals surface area contributed by atoms with Crippen molar-refractivity contribution in [2.45, 2.75) is 35.1 Å². The van der Waals surface area contributed by atoms with Crippen molar-refractivity contribution in [1.82, 2.24) is 19.7 Å². The number of likely N-dealkylation sites (tertiary alicyclic amines) is 1. The molecule has 1 saturated heterocycles. The molecule has 0 unspecified atom stereocenters. The minimum Gasteiger partial charge on any atom is -0.453 e. The number of benzene rings is 1. The maximum atomic E-state index is 13.1. The summed E-state index contributed by atoms with van der Waals surface area (Å²) in [5.74, 6) is 1.17. The fraction of sp³-hybridized carbons (Fsp3) is 0.381. The van der Waals surface area contributed by atoms with Gasteiger partial charge in [0.25, 0.3) is 0 Å². The molecule has 29 heavy (non-hydrogen) atoms. The van der Waals surface area contributed by atoms with Gasteiger partial charge in [-0.2, -0.15) is 0 Å². The van der Waals surface area contributed by atoms with Crippen molar-refractivity contribution < 1.29 is 9.21 Å². The zero-order chi connectivity index (χ0) is 20.0. The summed E-state index contributed by atoms with van der Waals surface area (Å²) in [6.07, 6.45) is 3.36. The highest BCUT2D eigenvalue weighted by molar-refractivity contribution is 7.99. The van der Waals surface area contributed by atoms with E-state index in [1.165, 1.54) is 17.3 Å². The molecule has 1 spiro atoms. The number of furan rings is 1. The van der Waals surface area contributed by atoms with Crippen LogP contribution < -0.4 is 4.90 Å². The highest BCUT2D eigenvalue weighted by Crippen LogP contribution is 2.47. The number of rotatable bonds is 4. The lowest BCUT2D eigenvalue weighted by molar-refractivity contribution is -0.124. The lowest BCUT2D eigenvalue weighted by atomic mass is 9.73. The van der Waals surface area contributed by atoms with Crippen LogP contribution in [-0.4, -0.2) is 45.7 Å². The Bertz CT molecular complexity index is 1050. The SMILES string of the molecule is CN1C(=O)C2(CCN(Cc3ccc(Sc4nncn4C)o3)CC2)c2ccccc21. The molecule has 3 aromatic rings. The van der Waals surface area contributed by atoms with Crippen molar-refractivity contribution in [3.05, 3.63) is 54.0 Å². The minimum atomic E-state index is -0.364. The van der Waals surface area contributed by atoms with Gasteiger partial charge >= 0.3 is 0 Å². The molecular formula is C21H23N5O2S. The van der Waals surface area contributed by atoms with E-state index >= 15 is 0 Å². The average molecular weight is 410 g/mol. The summed E-state index contributed by atoms with van der Waals surface area (Å²) in [5, 5.41) is 9.58. The Morgan fingerprint density at radius 3 is 2.69 bits per heavy atom. The molecule has 2 aromatic heterocycles. The number of carbonyl (C=O) groups excluding carboxylic acids is 1. The van der Waals surface area contributed by atoms with Gasteiger partial charge in [-0.05, 0) is 61.5 Å². The molecule has 2 aliphatic heterocycles. The largest absolute Gasteiger partial charge is 0.453 e. The van der Waals surface area contributed by atoms with E-state index in [0.717, 1.165) is 54.2 Å². The fourth-order valence-electron chi connectivity index (χ4n) is 4.47. The Hall–Kier alpha value is -2.58. The van der Waals surface area contributed by atoms with Crippen LogP contribution in [0.25, 0.3) is 0 Å². The van der Waals surface area contributed by atoms with Gasteiger partial charge in [0.15, 0.2) is 10.2 Å². The second-order valence-electron chi connectivity index (χ2n) is 7.79. The van der Waals surface area contributed by atoms with Crippen molar-refractivity contribution in [3.63, 3.8) is 0 Å². The van der Waals surface area contributed by atoms with Gasteiger partial charge in [-0.3, -0.25) is 9.69 Å². The molecule has 0 aliphatic carbocycles. The molecule has 4 heterocycles. The van der Waals surface area contributed by atoms with Gasteiger partial charge in [0, 0.05) is 19.8 Å². The summed E-state index contributed by atoms with van der Waals surface area (Å²) in [4.78, 5) is 17.3. The zero-order valence-electron chi connectivity index (χ0n) is 16.5. The summed E-state index contributed by atoms with van der Waals surface area (Å²) in [6.45, 7) is 2.50. The lowest BCUT2D eigenvalue weighted by Crippen LogP contribution is -2.47. The van der Waals surface area contributed by atoms with Crippen LogP contribution in [-0.2, 0) is 23.8 Å². The van der Waals surface area contributed by atoms with Gasteiger partial charge in [0.2, 0.25) is 5.91 Å². The number of fused-ring (bicyclic) bond motifs is 2. The Morgan fingerprint density at radius 1 is 1.14 bits per heavy atom. The Morgan fingerprint density at radius 2 is 1.93 bits per heavy atom. The number of hydrogen-bond donors (Lipinski definition) is 0. The van der Waals surface area contributed by atoms with Crippen molar-refractivity contribution in [1.29, 1.82) is 0 Å². The molecule has 0 N–H and O–H groups in total. The molecule has 0 bridgehead atoms. The molecule has 2 aliphatic rings. The first kappa shape index (κ1) is 18.4. The predicted molar refractivity (Wildman–Crippen MR) is 110 cm³/mol. The van der Waals surface area contributed by atoms with Crippen LogP contribution >= 0.6 is 11.8 Å². The van der Waals surface area contributed by atoms with E-state index in [1.54, 1.807) is 6.33 Å². The highest BCUT2D eigenvalue weighted by atomic mass is 32.2. The van der Waals surface area contributed by atoms with Crippen LogP contribution in [0.2, 0.25) is 0 Å². The second-order valence-corrected chi connectivity index (χ2v) is 8.76. The van der Waals surface area contributed by atoms with Crippen molar-refractivity contribution in [2.75, 3.05) is 25.0 Å². The van der Waals surface area contributed by atoms with E-state index in [0.29, 0.717) is 0 Å². The number of aryl methyl sites for hydroxylation is 1. The van der Waals surface area contributed by atoms with Crippen LogP contribution in [0.15, 0.2) is 57.4 Å². The fourth-order valence-corrected chi connectivity index (χ4v) is 5.21. The summed E-state index contributed by atoms with van der Waals surface area (Å²) in [5.41, 5.74) is 1.88. The van der Waals surface area contributed by atoms with Crippen LogP contribution in [0.1, 0.15) is 24.2 Å². The Balaban J connectivity index is 1.25. The monoisotopic (exact) mass is 409 g/mol. The van der Waals surface area contributed by atoms with E-state index < -0.39 is 0 Å². The van der Waals surface area contributed by atoms with Crippen LogP contribution in [0, 0.1) is 0 Å². The van der Waals surface area contributed by atoms with Gasteiger partial charge in [0.05, 0.1) is 12.0 Å². The molecule has 5 rings (SSSR count). The first-order chi connectivity index (χ1) is 14.1. The number of nitrogens with zero attached hydrogens (tertiary/aromatic N) is 5. The summed E-state index contributed by atoms with van der Waals surface area (Å²) in [7, 11) is 3.80. The number of aromatic nitrogens is 3. The Labute approximate surface area is 173 Å². The molecule has 1 aromatic carbocycles. The number of anilines is 1.